The Morgan fingerprint density at radius 1 is 1.53 bits per heavy atom. The largest absolute Gasteiger partial charge is 0.364 e. The van der Waals surface area contributed by atoms with Crippen LogP contribution in [-0.2, 0) is 0 Å². The Morgan fingerprint density at radius 3 is 3.13 bits per heavy atom. The second-order valence-corrected chi connectivity index (χ2v) is 4.19. The number of nitrogens with one attached hydrogen (secondary N) is 1. The number of hydrogen-bond donors (Lipinski definition) is 1. The van der Waals surface area contributed by atoms with E-state index in [0.717, 1.165) is 18.8 Å². The van der Waals surface area contributed by atoms with Gasteiger partial charge in [-0.25, -0.2) is 0 Å². The molecule has 3 heterocycles. The lowest BCUT2D eigenvalue weighted by Crippen LogP contribution is -2.43. The van der Waals surface area contributed by atoms with Gasteiger partial charge in [-0.05, 0) is 12.5 Å². The van der Waals surface area contributed by atoms with Gasteiger partial charge in [-0.2, -0.15) is 5.26 Å². The lowest BCUT2D eigenvalue weighted by Gasteiger charge is -2.29. The summed E-state index contributed by atoms with van der Waals surface area (Å²) in [7, 11) is 0. The van der Waals surface area contributed by atoms with Gasteiger partial charge in [0.05, 0.1) is 17.4 Å². The molecule has 4 heteroatoms. The molecule has 76 valence electrons. The first-order chi connectivity index (χ1) is 7.36. The van der Waals surface area contributed by atoms with Crippen LogP contribution in [0.3, 0.4) is 0 Å². The van der Waals surface area contributed by atoms with Gasteiger partial charge in [0, 0.05) is 31.4 Å². The van der Waals surface area contributed by atoms with E-state index in [4.69, 9.17) is 5.26 Å². The topological polar surface area (TPSA) is 52.0 Å². The van der Waals surface area contributed by atoms with Crippen LogP contribution in [0, 0.1) is 11.3 Å². The number of anilines is 1. The molecule has 15 heavy (non-hydrogen) atoms. The van der Waals surface area contributed by atoms with Gasteiger partial charge in [-0.15, -0.1) is 0 Å². The number of aromatic nitrogens is 1. The standard InChI is InChI=1S/C11H12N4/c12-3-8-1-10(5-13-4-8)15-7-9-2-11(15)6-14-9/h1,4-5,9,11,14H,2,6-7H2/t9-,11-/m1/s1. The number of rotatable bonds is 1. The maximum Gasteiger partial charge on any atom is 0.101 e. The zero-order chi connectivity index (χ0) is 10.3. The monoisotopic (exact) mass is 200 g/mol. The van der Waals surface area contributed by atoms with Crippen molar-refractivity contribution in [2.75, 3.05) is 18.0 Å². The zero-order valence-electron chi connectivity index (χ0n) is 8.35. The summed E-state index contributed by atoms with van der Waals surface area (Å²) < 4.78 is 0. The predicted octanol–water partition coefficient (Wildman–Crippen LogP) is 0.504. The number of piperazine rings is 1. The van der Waals surface area contributed by atoms with E-state index in [-0.39, 0.29) is 0 Å². The first-order valence-corrected chi connectivity index (χ1v) is 5.22. The van der Waals surface area contributed by atoms with Gasteiger partial charge in [0.2, 0.25) is 0 Å². The second kappa shape index (κ2) is 3.21. The fraction of sp³-hybridized carbons (Fsp3) is 0.455. The van der Waals surface area contributed by atoms with E-state index in [1.807, 2.05) is 12.3 Å². The summed E-state index contributed by atoms with van der Waals surface area (Å²) in [6.45, 7) is 2.10. The molecule has 0 radical (unpaired) electrons. The van der Waals surface area contributed by atoms with Crippen LogP contribution in [0.15, 0.2) is 18.5 Å². The normalized spacial score (nSPS) is 28.1. The molecule has 4 nitrogen and oxygen atoms in total. The molecule has 2 saturated heterocycles. The molecule has 1 aromatic heterocycles. The second-order valence-electron chi connectivity index (χ2n) is 4.19. The molecule has 2 aliphatic heterocycles. The molecule has 0 saturated carbocycles. The number of hydrogen-bond acceptors (Lipinski definition) is 4. The lowest BCUT2D eigenvalue weighted by molar-refractivity contribution is 0.579. The lowest BCUT2D eigenvalue weighted by atomic mass is 10.2. The van der Waals surface area contributed by atoms with Crippen LogP contribution in [0.4, 0.5) is 5.69 Å². The highest BCUT2D eigenvalue weighted by molar-refractivity contribution is 5.51. The Kier molecular flexibility index (Phi) is 1.86. The first kappa shape index (κ1) is 8.69. The average Bonchev–Trinajstić information content (AvgIpc) is 2.91. The zero-order valence-corrected chi connectivity index (χ0v) is 8.35. The summed E-state index contributed by atoms with van der Waals surface area (Å²) in [5.74, 6) is 0. The summed E-state index contributed by atoms with van der Waals surface area (Å²) in [4.78, 5) is 6.46. The molecular weight excluding hydrogens is 188 g/mol. The van der Waals surface area contributed by atoms with E-state index in [2.05, 4.69) is 21.3 Å². The average molecular weight is 200 g/mol. The SMILES string of the molecule is N#Cc1cncc(N2C[C@H]3C[C@@H]2CN3)c1. The van der Waals surface area contributed by atoms with Crippen LogP contribution in [0.5, 0.6) is 0 Å². The van der Waals surface area contributed by atoms with Crippen molar-refractivity contribution in [2.45, 2.75) is 18.5 Å². The summed E-state index contributed by atoms with van der Waals surface area (Å²) in [5, 5.41) is 12.3. The van der Waals surface area contributed by atoms with Crippen molar-refractivity contribution in [2.24, 2.45) is 0 Å². The minimum Gasteiger partial charge on any atom is -0.364 e. The molecule has 1 N–H and O–H groups in total. The van der Waals surface area contributed by atoms with Gasteiger partial charge < -0.3 is 10.2 Å². The maximum absolute atomic E-state index is 8.82. The Bertz CT molecular complexity index is 423. The molecular formula is C11H12N4. The van der Waals surface area contributed by atoms with E-state index >= 15 is 0 Å². The van der Waals surface area contributed by atoms with E-state index in [0.29, 0.717) is 17.6 Å². The molecule has 2 fully saturated rings. The molecule has 0 amide bonds. The molecule has 0 aromatic carbocycles. The van der Waals surface area contributed by atoms with Crippen LogP contribution in [-0.4, -0.2) is 30.2 Å². The van der Waals surface area contributed by atoms with Gasteiger partial charge in [-0.3, -0.25) is 4.98 Å². The van der Waals surface area contributed by atoms with Crippen LogP contribution in [0.25, 0.3) is 0 Å². The van der Waals surface area contributed by atoms with Crippen molar-refractivity contribution < 1.29 is 0 Å². The van der Waals surface area contributed by atoms with Crippen LogP contribution < -0.4 is 10.2 Å². The van der Waals surface area contributed by atoms with Gasteiger partial charge in [-0.1, -0.05) is 0 Å². The van der Waals surface area contributed by atoms with Crippen molar-refractivity contribution in [1.82, 2.24) is 10.3 Å². The minimum absolute atomic E-state index is 0.589. The third-order valence-electron chi connectivity index (χ3n) is 3.24. The van der Waals surface area contributed by atoms with Crippen molar-refractivity contribution >= 4 is 5.69 Å². The van der Waals surface area contributed by atoms with E-state index in [1.54, 1.807) is 6.20 Å². The van der Waals surface area contributed by atoms with E-state index < -0.39 is 0 Å². The summed E-state index contributed by atoms with van der Waals surface area (Å²) in [5.41, 5.74) is 1.73. The molecule has 0 aliphatic carbocycles. The number of pyridine rings is 1. The van der Waals surface area contributed by atoms with Gasteiger partial charge >= 0.3 is 0 Å². The van der Waals surface area contributed by atoms with Crippen molar-refractivity contribution in [3.63, 3.8) is 0 Å². The summed E-state index contributed by atoms with van der Waals surface area (Å²) in [6.07, 6.45) is 4.67. The van der Waals surface area contributed by atoms with E-state index in [9.17, 15) is 0 Å². The van der Waals surface area contributed by atoms with Gasteiger partial charge in [0.1, 0.15) is 6.07 Å². The third-order valence-corrected chi connectivity index (χ3v) is 3.24. The van der Waals surface area contributed by atoms with Crippen LogP contribution in [0.2, 0.25) is 0 Å². The molecule has 2 atom stereocenters. The predicted molar refractivity (Wildman–Crippen MR) is 56.5 cm³/mol. The Morgan fingerprint density at radius 2 is 2.47 bits per heavy atom. The van der Waals surface area contributed by atoms with Gasteiger partial charge in [0.15, 0.2) is 0 Å². The summed E-state index contributed by atoms with van der Waals surface area (Å²) in [6, 6.07) is 5.27. The molecule has 0 unspecified atom stereocenters. The van der Waals surface area contributed by atoms with Gasteiger partial charge in [0.25, 0.3) is 0 Å². The first-order valence-electron chi connectivity index (χ1n) is 5.22. The van der Waals surface area contributed by atoms with Crippen molar-refractivity contribution in [3.05, 3.63) is 24.0 Å². The molecule has 1 aromatic rings. The quantitative estimate of drug-likeness (QED) is 0.717. The number of nitrogens with zero attached hydrogens (tertiary/aromatic N) is 3. The number of fused-ring (bicyclic) bond motifs is 2. The smallest absolute Gasteiger partial charge is 0.101 e. The Balaban J connectivity index is 1.90. The van der Waals surface area contributed by atoms with E-state index in [1.165, 1.54) is 6.42 Å². The molecule has 2 bridgehead atoms. The maximum atomic E-state index is 8.82. The molecule has 3 rings (SSSR count). The Hall–Kier alpha value is -1.60. The minimum atomic E-state index is 0.589. The third kappa shape index (κ3) is 1.36. The molecule has 2 aliphatic rings. The summed E-state index contributed by atoms with van der Waals surface area (Å²) >= 11 is 0. The molecule has 0 spiro atoms. The van der Waals surface area contributed by atoms with Crippen molar-refractivity contribution in [1.29, 1.82) is 5.26 Å². The highest BCUT2D eigenvalue weighted by Crippen LogP contribution is 2.28. The van der Waals surface area contributed by atoms with Crippen molar-refractivity contribution in [3.8, 4) is 6.07 Å². The fourth-order valence-corrected chi connectivity index (χ4v) is 2.52. The van der Waals surface area contributed by atoms with Crippen LogP contribution >= 0.6 is 0 Å². The van der Waals surface area contributed by atoms with Crippen LogP contribution in [0.1, 0.15) is 12.0 Å². The highest BCUT2D eigenvalue weighted by atomic mass is 15.3. The Labute approximate surface area is 88.5 Å². The number of nitriles is 1. The highest BCUT2D eigenvalue weighted by Gasteiger charge is 2.37. The fourth-order valence-electron chi connectivity index (χ4n) is 2.52.